The zero-order valence-corrected chi connectivity index (χ0v) is 19.7. The second-order valence-corrected chi connectivity index (χ2v) is 9.46. The van der Waals surface area contributed by atoms with Gasteiger partial charge in [0.15, 0.2) is 0 Å². The van der Waals surface area contributed by atoms with Gasteiger partial charge in [-0.05, 0) is 55.8 Å². The Labute approximate surface area is 202 Å². The maximum atomic E-state index is 13.1. The average Bonchev–Trinajstić information content (AvgIpc) is 3.31. The first-order valence-corrected chi connectivity index (χ1v) is 12.2. The van der Waals surface area contributed by atoms with E-state index in [1.807, 2.05) is 30.3 Å². The first-order chi connectivity index (χ1) is 17.1. The van der Waals surface area contributed by atoms with Crippen LogP contribution in [0, 0.1) is 5.92 Å². The highest BCUT2D eigenvalue weighted by Crippen LogP contribution is 2.46. The number of ether oxygens (including phenoxy) is 2. The average molecular weight is 473 g/mol. The number of unbranched alkanes of at least 4 members (excludes halogenated alkanes) is 1. The van der Waals surface area contributed by atoms with Crippen molar-refractivity contribution in [2.45, 2.75) is 25.3 Å². The standard InChI is InChI=1S/C27H28N4O4/c1-34-22-7-4-8-23-24(22)20-15-30(14-17(20)16-35-23)12-2-3-13-31-26(32)19-9-10-21-18(6-5-11-28-21)25(19)29-27(31)33/h4-11,17,20H,2-3,12-16H2,1H3,(H,29,33)/t17-,20+/m0/s1. The molecule has 0 amide bonds. The fraction of sp³-hybridized carbons (Fsp3) is 0.370. The fourth-order valence-corrected chi connectivity index (χ4v) is 5.71. The molecule has 2 aromatic carbocycles. The smallest absolute Gasteiger partial charge is 0.328 e. The van der Waals surface area contributed by atoms with Gasteiger partial charge < -0.3 is 19.4 Å². The molecule has 35 heavy (non-hydrogen) atoms. The Morgan fingerprint density at radius 1 is 1.06 bits per heavy atom. The summed E-state index contributed by atoms with van der Waals surface area (Å²) in [5, 5.41) is 1.30. The van der Waals surface area contributed by atoms with Gasteiger partial charge in [0.2, 0.25) is 0 Å². The van der Waals surface area contributed by atoms with Crippen molar-refractivity contribution in [3.63, 3.8) is 0 Å². The summed E-state index contributed by atoms with van der Waals surface area (Å²) >= 11 is 0. The van der Waals surface area contributed by atoms with Crippen LogP contribution in [0.2, 0.25) is 0 Å². The zero-order chi connectivity index (χ0) is 23.9. The van der Waals surface area contributed by atoms with Crippen molar-refractivity contribution in [2.75, 3.05) is 33.4 Å². The van der Waals surface area contributed by atoms with Crippen molar-refractivity contribution in [2.24, 2.45) is 5.92 Å². The Kier molecular flexibility index (Phi) is 5.53. The van der Waals surface area contributed by atoms with Crippen LogP contribution in [0.5, 0.6) is 11.5 Å². The quantitative estimate of drug-likeness (QED) is 0.343. The molecule has 0 radical (unpaired) electrons. The molecule has 8 heteroatoms. The first-order valence-electron chi connectivity index (χ1n) is 12.2. The third kappa shape index (κ3) is 3.78. The molecule has 2 aliphatic heterocycles. The van der Waals surface area contributed by atoms with E-state index in [0.29, 0.717) is 29.3 Å². The van der Waals surface area contributed by atoms with E-state index in [-0.39, 0.29) is 11.2 Å². The molecule has 0 unspecified atom stereocenters. The summed E-state index contributed by atoms with van der Waals surface area (Å²) in [5.41, 5.74) is 1.88. The van der Waals surface area contributed by atoms with Gasteiger partial charge >= 0.3 is 5.69 Å². The number of hydrogen-bond acceptors (Lipinski definition) is 6. The van der Waals surface area contributed by atoms with Gasteiger partial charge in [-0.2, -0.15) is 0 Å². The number of likely N-dealkylation sites (tertiary alicyclic amines) is 1. The molecule has 2 aromatic heterocycles. The summed E-state index contributed by atoms with van der Waals surface area (Å²) < 4.78 is 12.9. The van der Waals surface area contributed by atoms with Crippen LogP contribution in [0.25, 0.3) is 21.8 Å². The van der Waals surface area contributed by atoms with Crippen LogP contribution < -0.4 is 20.7 Å². The molecule has 0 saturated carbocycles. The maximum absolute atomic E-state index is 13.1. The molecule has 0 spiro atoms. The highest BCUT2D eigenvalue weighted by molar-refractivity contribution is 6.03. The van der Waals surface area contributed by atoms with Gasteiger partial charge in [-0.3, -0.25) is 14.3 Å². The number of methoxy groups -OCH3 is 1. The van der Waals surface area contributed by atoms with Gasteiger partial charge in [0.05, 0.1) is 30.1 Å². The van der Waals surface area contributed by atoms with E-state index in [4.69, 9.17) is 9.47 Å². The normalized spacial score (nSPS) is 19.5. The van der Waals surface area contributed by atoms with Crippen molar-refractivity contribution < 1.29 is 9.47 Å². The Bertz CT molecular complexity index is 1510. The van der Waals surface area contributed by atoms with E-state index in [2.05, 4.69) is 14.9 Å². The number of aromatic nitrogens is 3. The zero-order valence-electron chi connectivity index (χ0n) is 19.7. The molecular formula is C27H28N4O4. The van der Waals surface area contributed by atoms with Crippen LogP contribution >= 0.6 is 0 Å². The van der Waals surface area contributed by atoms with Gasteiger partial charge in [0.25, 0.3) is 5.56 Å². The molecule has 0 aliphatic carbocycles. The minimum Gasteiger partial charge on any atom is -0.496 e. The number of hydrogen-bond donors (Lipinski definition) is 1. The fourth-order valence-electron chi connectivity index (χ4n) is 5.71. The highest BCUT2D eigenvalue weighted by Gasteiger charge is 2.40. The topological polar surface area (TPSA) is 89.5 Å². The van der Waals surface area contributed by atoms with Gasteiger partial charge in [-0.1, -0.05) is 6.07 Å². The minimum atomic E-state index is -0.369. The summed E-state index contributed by atoms with van der Waals surface area (Å²) in [4.78, 5) is 35.5. The van der Waals surface area contributed by atoms with E-state index in [1.54, 1.807) is 25.4 Å². The van der Waals surface area contributed by atoms with Crippen LogP contribution in [-0.4, -0.2) is 52.8 Å². The number of aromatic amines is 1. The Morgan fingerprint density at radius 2 is 1.94 bits per heavy atom. The molecular weight excluding hydrogens is 444 g/mol. The molecule has 2 aliphatic rings. The molecule has 180 valence electrons. The van der Waals surface area contributed by atoms with Crippen LogP contribution in [0.3, 0.4) is 0 Å². The molecule has 0 bridgehead atoms. The summed E-state index contributed by atoms with van der Waals surface area (Å²) in [6.07, 6.45) is 3.36. The molecule has 4 heterocycles. The van der Waals surface area contributed by atoms with Crippen LogP contribution in [-0.2, 0) is 6.54 Å². The van der Waals surface area contributed by atoms with Crippen molar-refractivity contribution >= 4 is 21.8 Å². The monoisotopic (exact) mass is 472 g/mol. The van der Waals surface area contributed by atoms with Gasteiger partial charge in [0, 0.05) is 48.6 Å². The van der Waals surface area contributed by atoms with Crippen LogP contribution in [0.4, 0.5) is 0 Å². The maximum Gasteiger partial charge on any atom is 0.328 e. The lowest BCUT2D eigenvalue weighted by molar-refractivity contribution is 0.209. The number of pyridine rings is 1. The summed E-state index contributed by atoms with van der Waals surface area (Å²) in [6.45, 7) is 4.01. The van der Waals surface area contributed by atoms with Crippen molar-refractivity contribution in [3.05, 3.63) is 75.1 Å². The number of fused-ring (bicyclic) bond motifs is 6. The predicted molar refractivity (Wildman–Crippen MR) is 135 cm³/mol. The van der Waals surface area contributed by atoms with Crippen molar-refractivity contribution in [1.82, 2.24) is 19.4 Å². The lowest BCUT2D eigenvalue weighted by Gasteiger charge is -2.29. The van der Waals surface area contributed by atoms with E-state index >= 15 is 0 Å². The molecule has 8 nitrogen and oxygen atoms in total. The number of nitrogens with one attached hydrogen (secondary N) is 1. The predicted octanol–water partition coefficient (Wildman–Crippen LogP) is 3.13. The lowest BCUT2D eigenvalue weighted by Crippen LogP contribution is -2.35. The summed E-state index contributed by atoms with van der Waals surface area (Å²) in [5.74, 6) is 2.70. The van der Waals surface area contributed by atoms with E-state index in [0.717, 1.165) is 61.5 Å². The SMILES string of the molecule is COc1cccc2c1[C@@H]1CN(CCCCn3c(=O)[nH]c4c(ccc5ncccc54)c3=O)C[C@H]1CO2. The van der Waals surface area contributed by atoms with E-state index in [9.17, 15) is 9.59 Å². The van der Waals surface area contributed by atoms with Crippen LogP contribution in [0.15, 0.2) is 58.3 Å². The third-order valence-electron chi connectivity index (χ3n) is 7.43. The summed E-state index contributed by atoms with van der Waals surface area (Å²) in [7, 11) is 1.71. The number of benzene rings is 2. The second-order valence-electron chi connectivity index (χ2n) is 9.46. The van der Waals surface area contributed by atoms with Crippen LogP contribution in [0.1, 0.15) is 24.3 Å². The van der Waals surface area contributed by atoms with Crippen molar-refractivity contribution in [1.29, 1.82) is 0 Å². The molecule has 1 N–H and O–H groups in total. The molecule has 1 fully saturated rings. The Hall–Kier alpha value is -3.65. The molecule has 2 atom stereocenters. The largest absolute Gasteiger partial charge is 0.496 e. The Morgan fingerprint density at radius 3 is 2.83 bits per heavy atom. The first kappa shape index (κ1) is 21.9. The van der Waals surface area contributed by atoms with E-state index in [1.165, 1.54) is 10.1 Å². The molecule has 4 aromatic rings. The van der Waals surface area contributed by atoms with E-state index < -0.39 is 0 Å². The summed E-state index contributed by atoms with van der Waals surface area (Å²) in [6, 6.07) is 13.3. The van der Waals surface area contributed by atoms with Crippen molar-refractivity contribution in [3.8, 4) is 11.5 Å². The lowest BCUT2D eigenvalue weighted by atomic mass is 9.86. The minimum absolute atomic E-state index is 0.248. The van der Waals surface area contributed by atoms with Gasteiger partial charge in [-0.25, -0.2) is 4.79 Å². The molecule has 1 saturated heterocycles. The highest BCUT2D eigenvalue weighted by atomic mass is 16.5. The second kappa shape index (κ2) is 8.85. The third-order valence-corrected chi connectivity index (χ3v) is 7.43. The number of H-pyrrole nitrogens is 1. The number of rotatable bonds is 6. The Balaban J connectivity index is 1.13. The number of nitrogens with zero attached hydrogens (tertiary/aromatic N) is 3. The van der Waals surface area contributed by atoms with Gasteiger partial charge in [0.1, 0.15) is 11.5 Å². The van der Waals surface area contributed by atoms with Gasteiger partial charge in [-0.15, -0.1) is 0 Å². The molecule has 6 rings (SSSR count).